The molecule has 5 fully saturated rings. The number of nitrogens with zero attached hydrogens (tertiary/aromatic N) is 1. The average molecular weight is 425 g/mol. The summed E-state index contributed by atoms with van der Waals surface area (Å²) in [5, 5.41) is 5.55. The molecule has 0 aromatic heterocycles. The lowest BCUT2D eigenvalue weighted by molar-refractivity contribution is -0.160. The van der Waals surface area contributed by atoms with Crippen LogP contribution in [0.5, 0.6) is 0 Å². The summed E-state index contributed by atoms with van der Waals surface area (Å²) in [5.74, 6) is 2.31. The van der Waals surface area contributed by atoms with E-state index < -0.39 is 6.03 Å². The van der Waals surface area contributed by atoms with Gasteiger partial charge in [0.25, 0.3) is 0 Å². The highest BCUT2D eigenvalue weighted by Gasteiger charge is 2.56. The second-order valence-corrected chi connectivity index (χ2v) is 10.3. The molecular formula is C24H32N4O3. The Hall–Kier alpha value is -2.57. The molecule has 7 heteroatoms. The van der Waals surface area contributed by atoms with Crippen LogP contribution in [0.4, 0.5) is 10.5 Å². The number of carbonyl (C=O) groups is 3. The predicted octanol–water partition coefficient (Wildman–Crippen LogP) is 3.00. The fourth-order valence-electron chi connectivity index (χ4n) is 7.17. The highest BCUT2D eigenvalue weighted by Crippen LogP contribution is 2.60. The first-order valence-corrected chi connectivity index (χ1v) is 11.7. The lowest BCUT2D eigenvalue weighted by Gasteiger charge is -2.56. The minimum Gasteiger partial charge on any atom is -0.351 e. The molecule has 0 spiro atoms. The van der Waals surface area contributed by atoms with E-state index in [0.29, 0.717) is 36.5 Å². The molecule has 1 saturated heterocycles. The van der Waals surface area contributed by atoms with Crippen LogP contribution in [0, 0.1) is 23.2 Å². The zero-order valence-electron chi connectivity index (χ0n) is 17.9. The second-order valence-electron chi connectivity index (χ2n) is 10.3. The second kappa shape index (κ2) is 7.84. The summed E-state index contributed by atoms with van der Waals surface area (Å²) in [7, 11) is 0. The van der Waals surface area contributed by atoms with Gasteiger partial charge in [-0.1, -0.05) is 12.1 Å². The Morgan fingerprint density at radius 1 is 1.06 bits per heavy atom. The number of benzene rings is 1. The van der Waals surface area contributed by atoms with Crippen LogP contribution in [-0.2, 0) is 16.1 Å². The van der Waals surface area contributed by atoms with E-state index in [1.54, 1.807) is 12.1 Å². The van der Waals surface area contributed by atoms with Gasteiger partial charge in [-0.3, -0.25) is 9.59 Å². The Morgan fingerprint density at radius 2 is 1.74 bits per heavy atom. The van der Waals surface area contributed by atoms with E-state index in [9.17, 15) is 14.4 Å². The highest BCUT2D eigenvalue weighted by atomic mass is 16.2. The smallest absolute Gasteiger partial charge is 0.316 e. The van der Waals surface area contributed by atoms with Crippen molar-refractivity contribution in [2.45, 2.75) is 64.0 Å². The molecule has 1 unspecified atom stereocenters. The average Bonchev–Trinajstić information content (AvgIpc) is 3.20. The monoisotopic (exact) mass is 424 g/mol. The van der Waals surface area contributed by atoms with Crippen LogP contribution in [0.25, 0.3) is 0 Å². The Kier molecular flexibility index (Phi) is 5.15. The maximum absolute atomic E-state index is 13.7. The van der Waals surface area contributed by atoms with E-state index in [1.807, 2.05) is 17.0 Å². The molecule has 6 rings (SSSR count). The van der Waals surface area contributed by atoms with Gasteiger partial charge in [0.05, 0.1) is 5.41 Å². The van der Waals surface area contributed by atoms with E-state index in [1.165, 1.54) is 19.3 Å². The highest BCUT2D eigenvalue weighted by molar-refractivity contribution is 5.91. The maximum Gasteiger partial charge on any atom is 0.316 e. The molecular weight excluding hydrogens is 392 g/mol. The number of hydrogen-bond acceptors (Lipinski definition) is 3. The normalized spacial score (nSPS) is 33.4. The van der Waals surface area contributed by atoms with Crippen molar-refractivity contribution in [1.82, 2.24) is 10.2 Å². The van der Waals surface area contributed by atoms with Crippen LogP contribution in [-0.4, -0.2) is 35.3 Å². The lowest BCUT2D eigenvalue weighted by atomic mass is 9.49. The molecule has 1 aromatic rings. The molecule has 1 atom stereocenters. The van der Waals surface area contributed by atoms with Gasteiger partial charge in [-0.05, 0) is 86.8 Å². The van der Waals surface area contributed by atoms with Crippen LogP contribution < -0.4 is 16.4 Å². The first-order valence-electron chi connectivity index (χ1n) is 11.7. The molecule has 0 radical (unpaired) electrons. The molecule has 7 nitrogen and oxygen atoms in total. The van der Waals surface area contributed by atoms with Crippen molar-refractivity contribution >= 4 is 23.5 Å². The number of hydrogen-bond donors (Lipinski definition) is 3. The summed E-state index contributed by atoms with van der Waals surface area (Å²) in [6, 6.07) is 6.25. The Morgan fingerprint density at radius 3 is 2.39 bits per heavy atom. The number of amides is 4. The summed E-state index contributed by atoms with van der Waals surface area (Å²) in [5.41, 5.74) is 6.44. The topological polar surface area (TPSA) is 105 Å². The van der Waals surface area contributed by atoms with Crippen molar-refractivity contribution < 1.29 is 14.4 Å². The van der Waals surface area contributed by atoms with Gasteiger partial charge in [-0.2, -0.15) is 0 Å². The molecule has 166 valence electrons. The van der Waals surface area contributed by atoms with Crippen molar-refractivity contribution in [3.63, 3.8) is 0 Å². The number of rotatable bonds is 5. The third-order valence-electron chi connectivity index (χ3n) is 7.97. The van der Waals surface area contributed by atoms with Crippen molar-refractivity contribution in [1.29, 1.82) is 0 Å². The minimum absolute atomic E-state index is 0.0798. The molecule has 4 bridgehead atoms. The predicted molar refractivity (Wildman–Crippen MR) is 117 cm³/mol. The first-order chi connectivity index (χ1) is 14.9. The van der Waals surface area contributed by atoms with Gasteiger partial charge >= 0.3 is 6.03 Å². The van der Waals surface area contributed by atoms with Crippen molar-refractivity contribution in [3.05, 3.63) is 29.8 Å². The van der Waals surface area contributed by atoms with Crippen molar-refractivity contribution in [2.24, 2.45) is 28.9 Å². The van der Waals surface area contributed by atoms with Crippen LogP contribution in [0.3, 0.4) is 0 Å². The van der Waals surface area contributed by atoms with Crippen molar-refractivity contribution in [2.75, 3.05) is 11.9 Å². The third-order valence-corrected chi connectivity index (χ3v) is 7.97. The number of primary amides is 1. The van der Waals surface area contributed by atoms with Gasteiger partial charge in [-0.15, -0.1) is 0 Å². The molecule has 1 aromatic carbocycles. The van der Waals surface area contributed by atoms with E-state index in [-0.39, 0.29) is 23.3 Å². The number of carbonyl (C=O) groups excluding carboxylic acids is 3. The number of likely N-dealkylation sites (tertiary alicyclic amines) is 1. The SMILES string of the molecule is NC(=O)Nc1cccc(CNC(=O)C2CCCN2C(=O)C23CC4CC(CC(C4)C2)C3)c1. The first kappa shape index (κ1) is 20.3. The Bertz CT molecular complexity index is 863. The summed E-state index contributed by atoms with van der Waals surface area (Å²) in [6.45, 7) is 1.04. The van der Waals surface area contributed by atoms with E-state index in [2.05, 4.69) is 10.6 Å². The van der Waals surface area contributed by atoms with Gasteiger partial charge < -0.3 is 21.3 Å². The fraction of sp³-hybridized carbons (Fsp3) is 0.625. The molecule has 1 heterocycles. The summed E-state index contributed by atoms with van der Waals surface area (Å²) < 4.78 is 0. The van der Waals surface area contributed by atoms with Gasteiger partial charge in [0, 0.05) is 18.8 Å². The maximum atomic E-state index is 13.7. The van der Waals surface area contributed by atoms with E-state index in [4.69, 9.17) is 5.73 Å². The van der Waals surface area contributed by atoms with Gasteiger partial charge in [0.1, 0.15) is 6.04 Å². The van der Waals surface area contributed by atoms with Crippen LogP contribution in [0.2, 0.25) is 0 Å². The van der Waals surface area contributed by atoms with Crippen molar-refractivity contribution in [3.8, 4) is 0 Å². The fourth-order valence-corrected chi connectivity index (χ4v) is 7.17. The third kappa shape index (κ3) is 3.90. The van der Waals surface area contributed by atoms with E-state index >= 15 is 0 Å². The van der Waals surface area contributed by atoms with Gasteiger partial charge in [0.15, 0.2) is 0 Å². The largest absolute Gasteiger partial charge is 0.351 e. The molecule has 4 aliphatic carbocycles. The number of nitrogens with two attached hydrogens (primary N) is 1. The van der Waals surface area contributed by atoms with Crippen LogP contribution in [0.1, 0.15) is 56.9 Å². The molecule has 4 amide bonds. The minimum atomic E-state index is -0.619. The quantitative estimate of drug-likeness (QED) is 0.677. The zero-order chi connectivity index (χ0) is 21.6. The summed E-state index contributed by atoms with van der Waals surface area (Å²) in [6.07, 6.45) is 8.62. The van der Waals surface area contributed by atoms with Crippen LogP contribution >= 0.6 is 0 Å². The number of anilines is 1. The Balaban J connectivity index is 1.24. The molecule has 4 saturated carbocycles. The zero-order valence-corrected chi connectivity index (χ0v) is 17.9. The summed E-state index contributed by atoms with van der Waals surface area (Å²) >= 11 is 0. The Labute approximate surface area is 183 Å². The molecule has 5 aliphatic rings. The number of urea groups is 1. The summed E-state index contributed by atoms with van der Waals surface area (Å²) in [4.78, 5) is 39.7. The molecule has 1 aliphatic heterocycles. The molecule has 4 N–H and O–H groups in total. The van der Waals surface area contributed by atoms with Gasteiger partial charge in [0.2, 0.25) is 11.8 Å². The standard InChI is InChI=1S/C24H32N4O3/c25-23(31)27-19-4-1-3-15(10-19)14-26-21(29)20-5-2-6-28(20)22(30)24-11-16-7-17(12-24)9-18(8-16)13-24/h1,3-4,10,16-18,20H,2,5-9,11-14H2,(H,26,29)(H3,25,27,31). The number of nitrogens with one attached hydrogen (secondary N) is 2. The van der Waals surface area contributed by atoms with E-state index in [0.717, 1.165) is 37.7 Å². The molecule has 31 heavy (non-hydrogen) atoms. The van der Waals surface area contributed by atoms with Crippen LogP contribution in [0.15, 0.2) is 24.3 Å². The van der Waals surface area contributed by atoms with Gasteiger partial charge in [-0.25, -0.2) is 4.79 Å². The lowest BCUT2D eigenvalue weighted by Crippen LogP contribution is -2.57.